The van der Waals surface area contributed by atoms with Crippen molar-refractivity contribution in [2.24, 2.45) is 5.73 Å². The minimum Gasteiger partial charge on any atom is -0.367 e. The van der Waals surface area contributed by atoms with Crippen molar-refractivity contribution in [3.8, 4) is 0 Å². The average molecular weight is 280 g/mol. The van der Waals surface area contributed by atoms with Gasteiger partial charge < -0.3 is 15.0 Å². The van der Waals surface area contributed by atoms with Gasteiger partial charge >= 0.3 is 0 Å². The lowest BCUT2D eigenvalue weighted by molar-refractivity contribution is -0.0334. The molecule has 2 heterocycles. The zero-order chi connectivity index (χ0) is 14.0. The molecule has 2 fully saturated rings. The Morgan fingerprint density at radius 2 is 2.15 bits per heavy atom. The maximum absolute atomic E-state index is 6.43. The van der Waals surface area contributed by atoms with Gasteiger partial charge in [0.25, 0.3) is 0 Å². The Morgan fingerprint density at radius 1 is 1.35 bits per heavy atom. The van der Waals surface area contributed by atoms with E-state index in [4.69, 9.17) is 15.0 Å². The van der Waals surface area contributed by atoms with E-state index in [9.17, 15) is 0 Å². The van der Waals surface area contributed by atoms with Crippen LogP contribution in [0.1, 0.15) is 56.8 Å². The Hall–Kier alpha value is -0.980. The molecule has 0 aromatic carbocycles. The highest BCUT2D eigenvalue weighted by atomic mass is 16.5. The second kappa shape index (κ2) is 5.79. The maximum Gasteiger partial charge on any atom is 0.246 e. The Morgan fingerprint density at radius 3 is 2.90 bits per heavy atom. The zero-order valence-corrected chi connectivity index (χ0v) is 12.2. The van der Waals surface area contributed by atoms with Crippen molar-refractivity contribution < 1.29 is 9.26 Å². The van der Waals surface area contributed by atoms with E-state index in [2.05, 4.69) is 22.0 Å². The molecule has 1 unspecified atom stereocenters. The van der Waals surface area contributed by atoms with Crippen LogP contribution in [0.3, 0.4) is 0 Å². The number of rotatable bonds is 3. The zero-order valence-electron chi connectivity index (χ0n) is 12.2. The molecule has 0 bridgehead atoms. The largest absolute Gasteiger partial charge is 0.367 e. The lowest BCUT2D eigenvalue weighted by atomic mass is 9.82. The highest BCUT2D eigenvalue weighted by Crippen LogP contribution is 2.34. The number of ether oxygens (including phenoxy) is 1. The summed E-state index contributed by atoms with van der Waals surface area (Å²) in [6.07, 6.45) is 5.29. The van der Waals surface area contributed by atoms with Gasteiger partial charge in [0.15, 0.2) is 0 Å². The summed E-state index contributed by atoms with van der Waals surface area (Å²) < 4.78 is 11.2. The second-order valence-corrected chi connectivity index (χ2v) is 5.93. The number of nitrogens with zero attached hydrogens (tertiary/aromatic N) is 3. The molecule has 0 spiro atoms. The quantitative estimate of drug-likeness (QED) is 0.905. The molecule has 0 amide bonds. The molecule has 1 aromatic rings. The lowest BCUT2D eigenvalue weighted by Crippen LogP contribution is -2.39. The number of hydrogen-bond donors (Lipinski definition) is 1. The minimum atomic E-state index is -0.428. The normalized spacial score (nSPS) is 27.6. The van der Waals surface area contributed by atoms with Crippen molar-refractivity contribution in [1.82, 2.24) is 15.0 Å². The van der Waals surface area contributed by atoms with Crippen molar-refractivity contribution in [3.05, 3.63) is 11.7 Å². The van der Waals surface area contributed by atoms with Gasteiger partial charge in [0, 0.05) is 13.1 Å². The van der Waals surface area contributed by atoms with Crippen LogP contribution < -0.4 is 5.73 Å². The van der Waals surface area contributed by atoms with Crippen molar-refractivity contribution in [2.75, 3.05) is 26.2 Å². The molecule has 1 atom stereocenters. The topological polar surface area (TPSA) is 77.4 Å². The molecular weight excluding hydrogens is 256 g/mol. The van der Waals surface area contributed by atoms with Gasteiger partial charge in [-0.15, -0.1) is 0 Å². The van der Waals surface area contributed by atoms with Crippen LogP contribution >= 0.6 is 0 Å². The summed E-state index contributed by atoms with van der Waals surface area (Å²) in [6, 6.07) is 0. The number of nitrogens with two attached hydrogens (primary N) is 1. The van der Waals surface area contributed by atoms with Crippen LogP contribution in [0.2, 0.25) is 0 Å². The third kappa shape index (κ3) is 2.73. The summed E-state index contributed by atoms with van der Waals surface area (Å²) in [5.74, 6) is 1.23. The molecule has 6 nitrogen and oxygen atoms in total. The Balaban J connectivity index is 1.73. The Kier molecular flexibility index (Phi) is 4.05. The standard InChI is InChI=1S/C14H24N4O2/c1-2-18-8-9-19-11(10-18)12-16-13(20-17-12)14(15)6-4-3-5-7-14/h11H,2-10,15H2,1H3. The summed E-state index contributed by atoms with van der Waals surface area (Å²) in [6.45, 7) is 5.69. The first-order valence-electron chi connectivity index (χ1n) is 7.68. The van der Waals surface area contributed by atoms with Crippen LogP contribution in [0, 0.1) is 0 Å². The van der Waals surface area contributed by atoms with Crippen molar-refractivity contribution >= 4 is 0 Å². The third-order valence-electron chi connectivity index (χ3n) is 4.50. The first-order valence-corrected chi connectivity index (χ1v) is 7.68. The van der Waals surface area contributed by atoms with E-state index in [1.807, 2.05) is 0 Å². The summed E-state index contributed by atoms with van der Waals surface area (Å²) >= 11 is 0. The van der Waals surface area contributed by atoms with Gasteiger partial charge in [0.05, 0.1) is 12.1 Å². The molecule has 1 aliphatic carbocycles. The monoisotopic (exact) mass is 280 g/mol. The first kappa shape index (κ1) is 14.0. The molecule has 20 heavy (non-hydrogen) atoms. The fourth-order valence-electron chi connectivity index (χ4n) is 3.11. The summed E-state index contributed by atoms with van der Waals surface area (Å²) in [7, 11) is 0. The molecule has 2 N–H and O–H groups in total. The van der Waals surface area contributed by atoms with E-state index in [1.54, 1.807) is 0 Å². The molecule has 1 saturated heterocycles. The van der Waals surface area contributed by atoms with Crippen LogP contribution in [-0.4, -0.2) is 41.3 Å². The van der Waals surface area contributed by atoms with Gasteiger partial charge in [-0.2, -0.15) is 4.98 Å². The number of morpholine rings is 1. The maximum atomic E-state index is 6.43. The van der Waals surface area contributed by atoms with Gasteiger partial charge in [-0.3, -0.25) is 4.90 Å². The number of hydrogen-bond acceptors (Lipinski definition) is 6. The first-order chi connectivity index (χ1) is 9.71. The summed E-state index contributed by atoms with van der Waals surface area (Å²) in [5, 5.41) is 4.11. The SMILES string of the molecule is CCN1CCOC(c2noc(C3(N)CCCCC3)n2)C1. The van der Waals surface area contributed by atoms with Gasteiger partial charge in [-0.1, -0.05) is 31.3 Å². The van der Waals surface area contributed by atoms with Gasteiger partial charge in [-0.25, -0.2) is 0 Å². The molecule has 112 valence electrons. The van der Waals surface area contributed by atoms with Crippen LogP contribution in [0.5, 0.6) is 0 Å². The number of aromatic nitrogens is 2. The van der Waals surface area contributed by atoms with Crippen LogP contribution in [-0.2, 0) is 10.3 Å². The van der Waals surface area contributed by atoms with Crippen LogP contribution in [0.25, 0.3) is 0 Å². The van der Waals surface area contributed by atoms with E-state index in [0.717, 1.165) is 51.9 Å². The van der Waals surface area contributed by atoms with E-state index >= 15 is 0 Å². The summed E-state index contributed by atoms with van der Waals surface area (Å²) in [4.78, 5) is 6.88. The smallest absolute Gasteiger partial charge is 0.246 e. The number of likely N-dealkylation sites (N-methyl/N-ethyl adjacent to an activating group) is 1. The molecular formula is C14H24N4O2. The predicted molar refractivity (Wildman–Crippen MR) is 74.1 cm³/mol. The Labute approximate surface area is 119 Å². The molecule has 2 aliphatic rings. The Bertz CT molecular complexity index is 442. The fraction of sp³-hybridized carbons (Fsp3) is 0.857. The van der Waals surface area contributed by atoms with E-state index in [-0.39, 0.29) is 6.10 Å². The molecule has 0 radical (unpaired) electrons. The van der Waals surface area contributed by atoms with Crippen molar-refractivity contribution in [2.45, 2.75) is 50.7 Å². The highest BCUT2D eigenvalue weighted by Gasteiger charge is 2.36. The van der Waals surface area contributed by atoms with Crippen molar-refractivity contribution in [1.29, 1.82) is 0 Å². The van der Waals surface area contributed by atoms with E-state index in [1.165, 1.54) is 6.42 Å². The molecule has 3 rings (SSSR count). The van der Waals surface area contributed by atoms with Gasteiger partial charge in [-0.05, 0) is 19.4 Å². The van der Waals surface area contributed by atoms with Crippen LogP contribution in [0.15, 0.2) is 4.52 Å². The molecule has 1 aliphatic heterocycles. The highest BCUT2D eigenvalue weighted by molar-refractivity contribution is 5.05. The lowest BCUT2D eigenvalue weighted by Gasteiger charge is -2.30. The van der Waals surface area contributed by atoms with E-state index < -0.39 is 5.54 Å². The molecule has 1 aromatic heterocycles. The predicted octanol–water partition coefficient (Wildman–Crippen LogP) is 1.58. The minimum absolute atomic E-state index is 0.0895. The van der Waals surface area contributed by atoms with Gasteiger partial charge in [0.1, 0.15) is 6.10 Å². The molecule has 6 heteroatoms. The van der Waals surface area contributed by atoms with Crippen molar-refractivity contribution in [3.63, 3.8) is 0 Å². The fourth-order valence-corrected chi connectivity index (χ4v) is 3.11. The van der Waals surface area contributed by atoms with Crippen LogP contribution in [0.4, 0.5) is 0 Å². The van der Waals surface area contributed by atoms with Gasteiger partial charge in [0.2, 0.25) is 11.7 Å². The third-order valence-corrected chi connectivity index (χ3v) is 4.50. The second-order valence-electron chi connectivity index (χ2n) is 5.93. The average Bonchev–Trinajstić information content (AvgIpc) is 2.99. The summed E-state index contributed by atoms with van der Waals surface area (Å²) in [5.41, 5.74) is 6.00. The molecule has 1 saturated carbocycles. The van der Waals surface area contributed by atoms with E-state index in [0.29, 0.717) is 11.7 Å².